The second kappa shape index (κ2) is 18.6. The topological polar surface area (TPSA) is 99.7 Å². The van der Waals surface area contributed by atoms with E-state index in [0.717, 1.165) is 51.4 Å². The van der Waals surface area contributed by atoms with Gasteiger partial charge >= 0.3 is 0 Å². The van der Waals surface area contributed by atoms with Crippen molar-refractivity contribution in [2.24, 2.45) is 0 Å². The molecule has 0 unspecified atom stereocenters. The zero-order chi connectivity index (χ0) is 24.3. The Morgan fingerprint density at radius 1 is 0.667 bits per heavy atom. The molecule has 0 aliphatic rings. The summed E-state index contributed by atoms with van der Waals surface area (Å²) in [6.07, 6.45) is 6.66. The Hall–Kier alpha value is -1.81. The van der Waals surface area contributed by atoms with Crippen molar-refractivity contribution >= 4 is 17.5 Å². The molecule has 1 heterocycles. The predicted octanol–water partition coefficient (Wildman–Crippen LogP) is 5.56. The molecule has 0 aromatic carbocycles. The summed E-state index contributed by atoms with van der Waals surface area (Å²) in [5.41, 5.74) is 0.717. The fourth-order valence-electron chi connectivity index (χ4n) is 2.51. The van der Waals surface area contributed by atoms with Crippen LogP contribution in [-0.2, 0) is 18.9 Å². The summed E-state index contributed by atoms with van der Waals surface area (Å²) in [5, 5.41) is 6.28. The quantitative estimate of drug-likeness (QED) is 0.178. The van der Waals surface area contributed by atoms with Gasteiger partial charge < -0.3 is 29.6 Å². The van der Waals surface area contributed by atoms with E-state index in [1.807, 2.05) is 6.92 Å². The lowest BCUT2D eigenvalue weighted by molar-refractivity contribution is -0.125. The number of anilines is 2. The van der Waals surface area contributed by atoms with Gasteiger partial charge in [-0.3, -0.25) is 0 Å². The fourth-order valence-corrected chi connectivity index (χ4v) is 2.51. The molecule has 0 fully saturated rings. The maximum Gasteiger partial charge on any atom is 0.240 e. The van der Waals surface area contributed by atoms with E-state index in [9.17, 15) is 0 Å². The molecule has 0 saturated carbocycles. The van der Waals surface area contributed by atoms with Crippen LogP contribution in [0.15, 0.2) is 6.58 Å². The first-order valence-electron chi connectivity index (χ1n) is 12.4. The van der Waals surface area contributed by atoms with Gasteiger partial charge in [0.15, 0.2) is 5.82 Å². The van der Waals surface area contributed by atoms with E-state index < -0.39 is 12.8 Å². The highest BCUT2D eigenvalue weighted by Crippen LogP contribution is 2.15. The molecule has 33 heavy (non-hydrogen) atoms. The zero-order valence-corrected chi connectivity index (χ0v) is 21.3. The van der Waals surface area contributed by atoms with Gasteiger partial charge in [0.2, 0.25) is 24.7 Å². The van der Waals surface area contributed by atoms with Crippen LogP contribution in [0.1, 0.15) is 91.8 Å². The molecule has 1 aromatic rings. The summed E-state index contributed by atoms with van der Waals surface area (Å²) in [6.45, 7) is 16.6. The van der Waals surface area contributed by atoms with Gasteiger partial charge in [0.25, 0.3) is 0 Å². The smallest absolute Gasteiger partial charge is 0.240 e. The number of hydrogen-bond acceptors (Lipinski definition) is 9. The fraction of sp³-hybridized carbons (Fsp3) is 0.792. The Bertz CT molecular complexity index is 583. The Morgan fingerprint density at radius 3 is 1.27 bits per heavy atom. The first kappa shape index (κ1) is 29.2. The highest BCUT2D eigenvalue weighted by atomic mass is 16.7. The number of unbranched alkanes of at least 4 members (excludes halogenated alkanes) is 4. The summed E-state index contributed by atoms with van der Waals surface area (Å²) in [7, 11) is 0. The summed E-state index contributed by atoms with van der Waals surface area (Å²) in [6, 6.07) is 0. The second-order valence-corrected chi connectivity index (χ2v) is 7.94. The standard InChI is InChI=1S/C24H45N5O4/c1-7-11-15-30-23(31-16-12-8-2)28-21-25-20(19(5)6)26-22(27-21)29-24(32-17-13-9-3)33-18-14-10-4/h23-24H,5,7-18H2,1-4,6H3,(H2,25,26,27,28,29). The number of rotatable bonds is 21. The third-order valence-electron chi connectivity index (χ3n) is 4.58. The molecule has 0 aliphatic heterocycles. The van der Waals surface area contributed by atoms with E-state index in [4.69, 9.17) is 18.9 Å². The van der Waals surface area contributed by atoms with Crippen LogP contribution in [0, 0.1) is 0 Å². The van der Waals surface area contributed by atoms with Gasteiger partial charge in [-0.15, -0.1) is 0 Å². The van der Waals surface area contributed by atoms with Gasteiger partial charge in [0.05, 0.1) is 26.4 Å². The lowest BCUT2D eigenvalue weighted by atomic mass is 10.3. The SMILES string of the molecule is C=C(C)c1nc(NC(OCCCC)OCCCC)nc(NC(OCCCC)OCCCC)n1. The van der Waals surface area contributed by atoms with E-state index in [0.29, 0.717) is 49.7 Å². The minimum Gasteiger partial charge on any atom is -0.335 e. The first-order chi connectivity index (χ1) is 16.0. The molecule has 1 rings (SSSR count). The minimum atomic E-state index is -0.645. The molecule has 0 saturated heterocycles. The second-order valence-electron chi connectivity index (χ2n) is 7.94. The summed E-state index contributed by atoms with van der Waals surface area (Å²) in [4.78, 5) is 13.4. The largest absolute Gasteiger partial charge is 0.335 e. The van der Waals surface area contributed by atoms with Crippen molar-refractivity contribution in [3.63, 3.8) is 0 Å². The van der Waals surface area contributed by atoms with Gasteiger partial charge in [0, 0.05) is 0 Å². The normalized spacial score (nSPS) is 11.4. The average molecular weight is 468 g/mol. The van der Waals surface area contributed by atoms with E-state index >= 15 is 0 Å². The van der Waals surface area contributed by atoms with Crippen molar-refractivity contribution in [2.75, 3.05) is 37.1 Å². The number of ether oxygens (including phenoxy) is 4. The molecular formula is C24H45N5O4. The Kier molecular flexibility index (Phi) is 16.5. The summed E-state index contributed by atoms with van der Waals surface area (Å²) >= 11 is 0. The monoisotopic (exact) mass is 467 g/mol. The lowest BCUT2D eigenvalue weighted by Crippen LogP contribution is -2.31. The highest BCUT2D eigenvalue weighted by Gasteiger charge is 2.17. The molecule has 0 radical (unpaired) electrons. The molecule has 0 aliphatic carbocycles. The Labute approximate surface area is 200 Å². The predicted molar refractivity (Wildman–Crippen MR) is 133 cm³/mol. The van der Waals surface area contributed by atoms with Crippen molar-refractivity contribution in [3.05, 3.63) is 12.4 Å². The summed E-state index contributed by atoms with van der Waals surface area (Å²) < 4.78 is 23.4. The van der Waals surface area contributed by atoms with E-state index in [1.54, 1.807) is 0 Å². The maximum absolute atomic E-state index is 5.86. The van der Waals surface area contributed by atoms with Crippen molar-refractivity contribution in [3.8, 4) is 0 Å². The molecular weight excluding hydrogens is 422 g/mol. The van der Waals surface area contributed by atoms with Gasteiger partial charge in [-0.1, -0.05) is 60.0 Å². The van der Waals surface area contributed by atoms with Crippen LogP contribution < -0.4 is 10.6 Å². The Morgan fingerprint density at radius 2 is 1.00 bits per heavy atom. The molecule has 1 aromatic heterocycles. The van der Waals surface area contributed by atoms with Crippen molar-refractivity contribution < 1.29 is 18.9 Å². The lowest BCUT2D eigenvalue weighted by Gasteiger charge is -2.22. The molecule has 0 bridgehead atoms. The Balaban J connectivity index is 2.97. The zero-order valence-electron chi connectivity index (χ0n) is 21.3. The van der Waals surface area contributed by atoms with Crippen LogP contribution in [0.25, 0.3) is 5.57 Å². The van der Waals surface area contributed by atoms with Crippen molar-refractivity contribution in [1.29, 1.82) is 0 Å². The van der Waals surface area contributed by atoms with Gasteiger partial charge in [0.1, 0.15) is 0 Å². The van der Waals surface area contributed by atoms with Gasteiger partial charge in [-0.2, -0.15) is 15.0 Å². The van der Waals surface area contributed by atoms with Crippen LogP contribution in [0.2, 0.25) is 0 Å². The van der Waals surface area contributed by atoms with Crippen molar-refractivity contribution in [1.82, 2.24) is 15.0 Å². The highest BCUT2D eigenvalue weighted by molar-refractivity contribution is 5.56. The number of hydrogen-bond donors (Lipinski definition) is 2. The van der Waals surface area contributed by atoms with Gasteiger partial charge in [-0.25, -0.2) is 0 Å². The number of nitrogens with one attached hydrogen (secondary N) is 2. The first-order valence-corrected chi connectivity index (χ1v) is 12.4. The van der Waals surface area contributed by atoms with Crippen LogP contribution in [-0.4, -0.2) is 54.2 Å². The molecule has 0 spiro atoms. The van der Waals surface area contributed by atoms with Crippen molar-refractivity contribution in [2.45, 2.75) is 98.8 Å². The molecule has 0 atom stereocenters. The number of allylic oxidation sites excluding steroid dienone is 1. The molecule has 2 N–H and O–H groups in total. The molecule has 0 amide bonds. The molecule has 190 valence electrons. The third kappa shape index (κ3) is 13.5. The maximum atomic E-state index is 5.86. The van der Waals surface area contributed by atoms with Gasteiger partial charge in [-0.05, 0) is 38.2 Å². The van der Waals surface area contributed by atoms with E-state index in [1.165, 1.54) is 0 Å². The number of nitrogens with zero attached hydrogens (tertiary/aromatic N) is 3. The summed E-state index contributed by atoms with van der Waals surface area (Å²) in [5.74, 6) is 1.14. The minimum absolute atomic E-state index is 0.337. The number of aromatic nitrogens is 3. The average Bonchev–Trinajstić information content (AvgIpc) is 2.79. The van der Waals surface area contributed by atoms with Crippen LogP contribution in [0.3, 0.4) is 0 Å². The molecule has 9 nitrogen and oxygen atoms in total. The van der Waals surface area contributed by atoms with Crippen LogP contribution >= 0.6 is 0 Å². The van der Waals surface area contributed by atoms with Crippen LogP contribution in [0.4, 0.5) is 11.9 Å². The molecule has 9 heteroatoms. The van der Waals surface area contributed by atoms with Crippen LogP contribution in [0.5, 0.6) is 0 Å². The third-order valence-corrected chi connectivity index (χ3v) is 4.58. The van der Waals surface area contributed by atoms with E-state index in [-0.39, 0.29) is 0 Å². The van der Waals surface area contributed by atoms with E-state index in [2.05, 4.69) is 59.9 Å².